The molecule has 11 nitrogen and oxygen atoms in total. The van der Waals surface area contributed by atoms with Crippen molar-refractivity contribution in [3.63, 3.8) is 0 Å². The first-order valence-corrected chi connectivity index (χ1v) is 12.1. The summed E-state index contributed by atoms with van der Waals surface area (Å²) in [5.74, 6) is -0.838. The van der Waals surface area contributed by atoms with Crippen molar-refractivity contribution in [3.8, 4) is 5.69 Å². The van der Waals surface area contributed by atoms with E-state index in [1.54, 1.807) is 12.1 Å². The highest BCUT2D eigenvalue weighted by molar-refractivity contribution is 6.05. The van der Waals surface area contributed by atoms with Crippen LogP contribution in [-0.2, 0) is 20.9 Å². The van der Waals surface area contributed by atoms with Crippen LogP contribution >= 0.6 is 0 Å². The summed E-state index contributed by atoms with van der Waals surface area (Å²) in [6.45, 7) is 1.51. The summed E-state index contributed by atoms with van der Waals surface area (Å²) in [5, 5.41) is 13.4. The van der Waals surface area contributed by atoms with Gasteiger partial charge in [0.15, 0.2) is 5.69 Å². The number of aromatic nitrogens is 3. The van der Waals surface area contributed by atoms with Crippen LogP contribution in [0.4, 0.5) is 0 Å². The predicted octanol–water partition coefficient (Wildman–Crippen LogP) is 0.717. The molecule has 0 spiro atoms. The van der Waals surface area contributed by atoms with Gasteiger partial charge in [0.2, 0.25) is 11.8 Å². The second kappa shape index (κ2) is 8.26. The highest BCUT2D eigenvalue weighted by atomic mass is 16.5. The topological polar surface area (TPSA) is 136 Å². The SMILES string of the molecule is O=C1CCC(N2Cc3ccc(-n4cc(C(=O)NC[C@]56CCC[C@H]5CCO6)nn4)cc3C2=O)C(=O)N1. The summed E-state index contributed by atoms with van der Waals surface area (Å²) in [6, 6.07) is 4.63. The monoisotopic (exact) mass is 478 g/mol. The number of piperidine rings is 1. The maximum absolute atomic E-state index is 13.1. The summed E-state index contributed by atoms with van der Waals surface area (Å²) < 4.78 is 7.47. The van der Waals surface area contributed by atoms with Crippen molar-refractivity contribution < 1.29 is 23.9 Å². The minimum Gasteiger partial charge on any atom is -0.373 e. The second-order valence-electron chi connectivity index (χ2n) is 9.76. The van der Waals surface area contributed by atoms with Gasteiger partial charge in [-0.05, 0) is 49.3 Å². The third-order valence-corrected chi connectivity index (χ3v) is 7.80. The predicted molar refractivity (Wildman–Crippen MR) is 120 cm³/mol. The number of hydrogen-bond donors (Lipinski definition) is 2. The van der Waals surface area contributed by atoms with E-state index in [0.29, 0.717) is 36.7 Å². The fourth-order valence-corrected chi connectivity index (χ4v) is 5.90. The highest BCUT2D eigenvalue weighted by Crippen LogP contribution is 2.44. The fourth-order valence-electron chi connectivity index (χ4n) is 5.90. The quantitative estimate of drug-likeness (QED) is 0.605. The first kappa shape index (κ1) is 21.9. The van der Waals surface area contributed by atoms with Crippen molar-refractivity contribution in [2.24, 2.45) is 5.92 Å². The van der Waals surface area contributed by atoms with Crippen LogP contribution in [0.15, 0.2) is 24.4 Å². The Bertz CT molecular complexity index is 1230. The molecule has 35 heavy (non-hydrogen) atoms. The van der Waals surface area contributed by atoms with E-state index in [1.165, 1.54) is 15.8 Å². The van der Waals surface area contributed by atoms with Crippen molar-refractivity contribution in [2.75, 3.05) is 13.2 Å². The summed E-state index contributed by atoms with van der Waals surface area (Å²) in [7, 11) is 0. The van der Waals surface area contributed by atoms with Gasteiger partial charge in [0.1, 0.15) is 6.04 Å². The van der Waals surface area contributed by atoms with Gasteiger partial charge in [-0.1, -0.05) is 17.7 Å². The Balaban J connectivity index is 1.15. The summed E-state index contributed by atoms with van der Waals surface area (Å²) in [4.78, 5) is 51.0. The van der Waals surface area contributed by atoms with Crippen LogP contribution in [-0.4, -0.2) is 68.3 Å². The van der Waals surface area contributed by atoms with E-state index in [9.17, 15) is 19.2 Å². The third kappa shape index (κ3) is 3.70. The van der Waals surface area contributed by atoms with Gasteiger partial charge < -0.3 is 15.0 Å². The number of rotatable bonds is 5. The first-order valence-electron chi connectivity index (χ1n) is 12.1. The Morgan fingerprint density at radius 2 is 2.11 bits per heavy atom. The van der Waals surface area contributed by atoms with Crippen LogP contribution in [0.3, 0.4) is 0 Å². The van der Waals surface area contributed by atoms with Gasteiger partial charge in [0, 0.05) is 31.7 Å². The van der Waals surface area contributed by atoms with E-state index in [1.807, 2.05) is 6.07 Å². The number of hydrogen-bond acceptors (Lipinski definition) is 7. The number of amides is 4. The van der Waals surface area contributed by atoms with Crippen molar-refractivity contribution in [3.05, 3.63) is 41.2 Å². The van der Waals surface area contributed by atoms with Gasteiger partial charge in [0.25, 0.3) is 11.8 Å². The minimum absolute atomic E-state index is 0.186. The smallest absolute Gasteiger partial charge is 0.273 e. The Kier molecular flexibility index (Phi) is 5.17. The van der Waals surface area contributed by atoms with E-state index >= 15 is 0 Å². The summed E-state index contributed by atoms with van der Waals surface area (Å²) >= 11 is 0. The lowest BCUT2D eigenvalue weighted by Crippen LogP contribution is -2.52. The molecule has 4 aliphatic rings. The minimum atomic E-state index is -0.666. The zero-order valence-corrected chi connectivity index (χ0v) is 19.2. The molecular formula is C24H26N6O5. The molecular weight excluding hydrogens is 452 g/mol. The van der Waals surface area contributed by atoms with Gasteiger partial charge in [-0.2, -0.15) is 0 Å². The maximum atomic E-state index is 13.1. The standard InChI is InChI=1S/C24H26N6O5/c31-20-6-5-19(22(33)26-20)29-11-14-3-4-16(10-17(14)23(29)34)30-12-18(27-28-30)21(32)25-13-24-8-1-2-15(24)7-9-35-24/h3-4,10,12,15,19H,1-2,5-9,11,13H2,(H,25,32)(H,26,31,33)/t15-,19?,24+/m0/s1. The van der Waals surface area contributed by atoms with Gasteiger partial charge >= 0.3 is 0 Å². The zero-order chi connectivity index (χ0) is 24.2. The summed E-state index contributed by atoms with van der Waals surface area (Å²) in [6.07, 6.45) is 6.33. The zero-order valence-electron chi connectivity index (χ0n) is 19.2. The van der Waals surface area contributed by atoms with Crippen LogP contribution < -0.4 is 10.6 Å². The molecule has 4 amide bonds. The molecule has 1 aromatic heterocycles. The molecule has 1 aliphatic carbocycles. The van der Waals surface area contributed by atoms with Crippen molar-refractivity contribution in [1.29, 1.82) is 0 Å². The molecule has 2 N–H and O–H groups in total. The fraction of sp³-hybridized carbons (Fsp3) is 0.500. The maximum Gasteiger partial charge on any atom is 0.273 e. The Labute approximate surface area is 201 Å². The molecule has 182 valence electrons. The van der Waals surface area contributed by atoms with Crippen molar-refractivity contribution in [1.82, 2.24) is 30.5 Å². The Morgan fingerprint density at radius 1 is 1.23 bits per heavy atom. The number of fused-ring (bicyclic) bond motifs is 2. The molecule has 3 fully saturated rings. The number of nitrogens with zero attached hydrogens (tertiary/aromatic N) is 4. The number of benzene rings is 1. The molecule has 3 atom stereocenters. The molecule has 0 radical (unpaired) electrons. The second-order valence-corrected chi connectivity index (χ2v) is 9.76. The largest absolute Gasteiger partial charge is 0.373 e. The van der Waals surface area contributed by atoms with E-state index in [2.05, 4.69) is 20.9 Å². The first-order chi connectivity index (χ1) is 16.9. The van der Waals surface area contributed by atoms with Crippen LogP contribution in [0.25, 0.3) is 5.69 Å². The molecule has 2 saturated heterocycles. The van der Waals surface area contributed by atoms with Crippen molar-refractivity contribution >= 4 is 23.6 Å². The molecule has 2 aromatic rings. The summed E-state index contributed by atoms with van der Waals surface area (Å²) in [5.41, 5.74) is 1.79. The molecule has 0 bridgehead atoms. The third-order valence-electron chi connectivity index (χ3n) is 7.80. The van der Waals surface area contributed by atoms with Gasteiger partial charge in [-0.3, -0.25) is 24.5 Å². The molecule has 1 saturated carbocycles. The van der Waals surface area contributed by atoms with E-state index in [-0.39, 0.29) is 35.4 Å². The lowest BCUT2D eigenvalue weighted by Gasteiger charge is -2.29. The number of ether oxygens (including phenoxy) is 1. The van der Waals surface area contributed by atoms with Crippen LogP contribution in [0.5, 0.6) is 0 Å². The number of imide groups is 1. The van der Waals surface area contributed by atoms with Crippen LogP contribution in [0.1, 0.15) is 64.9 Å². The van der Waals surface area contributed by atoms with E-state index in [4.69, 9.17) is 4.74 Å². The average Bonchev–Trinajstić information content (AvgIpc) is 3.61. The average molecular weight is 479 g/mol. The molecule has 4 heterocycles. The normalized spacial score (nSPS) is 27.7. The van der Waals surface area contributed by atoms with Crippen LogP contribution in [0, 0.1) is 5.92 Å². The lowest BCUT2D eigenvalue weighted by atomic mass is 9.91. The van der Waals surface area contributed by atoms with Crippen molar-refractivity contribution in [2.45, 2.75) is 56.7 Å². The Hall–Kier alpha value is -3.60. The van der Waals surface area contributed by atoms with Gasteiger partial charge in [-0.15, -0.1) is 5.10 Å². The molecule has 11 heteroatoms. The highest BCUT2D eigenvalue weighted by Gasteiger charge is 2.47. The number of carbonyl (C=O) groups is 4. The Morgan fingerprint density at radius 3 is 2.97 bits per heavy atom. The number of nitrogens with one attached hydrogen (secondary N) is 2. The molecule has 1 unspecified atom stereocenters. The molecule has 6 rings (SSSR count). The van der Waals surface area contributed by atoms with E-state index < -0.39 is 11.9 Å². The van der Waals surface area contributed by atoms with E-state index in [0.717, 1.165) is 37.9 Å². The van der Waals surface area contributed by atoms with Gasteiger partial charge in [0.05, 0.1) is 17.5 Å². The number of carbonyl (C=O) groups excluding carboxylic acids is 4. The van der Waals surface area contributed by atoms with Gasteiger partial charge in [-0.25, -0.2) is 4.68 Å². The van der Waals surface area contributed by atoms with Crippen LogP contribution in [0.2, 0.25) is 0 Å². The molecule has 1 aromatic carbocycles. The molecule has 3 aliphatic heterocycles. The lowest BCUT2D eigenvalue weighted by molar-refractivity contribution is -0.136.